The normalized spacial score (nSPS) is 18.9. The number of rotatable bonds is 6. The summed E-state index contributed by atoms with van der Waals surface area (Å²) in [5, 5.41) is 2.69. The third-order valence-corrected chi connectivity index (χ3v) is 8.01. The Morgan fingerprint density at radius 1 is 0.639 bits per heavy atom. The maximum Gasteiger partial charge on any atom is 0.0790 e. The highest BCUT2D eigenvalue weighted by atomic mass is 15.3. The van der Waals surface area contributed by atoms with Gasteiger partial charge in [0.1, 0.15) is 0 Å². The molecule has 0 radical (unpaired) electrons. The van der Waals surface area contributed by atoms with Gasteiger partial charge in [-0.15, -0.1) is 0 Å². The molecule has 2 fully saturated rings. The highest BCUT2D eigenvalue weighted by Gasteiger charge is 2.22. The van der Waals surface area contributed by atoms with Gasteiger partial charge >= 0.3 is 0 Å². The second-order valence-corrected chi connectivity index (χ2v) is 10.7. The summed E-state index contributed by atoms with van der Waals surface area (Å²) < 4.78 is 2.51. The van der Waals surface area contributed by atoms with Crippen LogP contribution in [0.4, 0.5) is 0 Å². The van der Waals surface area contributed by atoms with Crippen LogP contribution in [-0.2, 0) is 19.6 Å². The van der Waals surface area contributed by atoms with Crippen LogP contribution in [0.25, 0.3) is 21.8 Å². The van der Waals surface area contributed by atoms with Gasteiger partial charge < -0.3 is 14.4 Å². The molecule has 6 rings (SSSR count). The van der Waals surface area contributed by atoms with E-state index >= 15 is 0 Å². The van der Waals surface area contributed by atoms with Gasteiger partial charge in [0.05, 0.1) is 16.9 Å². The second kappa shape index (κ2) is 10.3. The SMILES string of the molecule is CN1CCN(Cc2cc3c4ccccc4n(Cc4ccccc4)c3c(CN3CCN(C)CC3)n2)CC1. The molecule has 0 bridgehead atoms. The molecule has 0 unspecified atom stereocenters. The molecule has 0 spiro atoms. The van der Waals surface area contributed by atoms with Crippen LogP contribution in [-0.4, -0.2) is 95.6 Å². The largest absolute Gasteiger partial charge is 0.334 e. The molecule has 2 aliphatic heterocycles. The highest BCUT2D eigenvalue weighted by molar-refractivity contribution is 6.09. The Morgan fingerprint density at radius 2 is 1.25 bits per heavy atom. The van der Waals surface area contributed by atoms with Gasteiger partial charge in [0.15, 0.2) is 0 Å². The Kier molecular flexibility index (Phi) is 6.76. The molecule has 0 atom stereocenters. The fourth-order valence-corrected chi connectivity index (χ4v) is 5.79. The topological polar surface area (TPSA) is 30.8 Å². The quantitative estimate of drug-likeness (QED) is 0.418. The van der Waals surface area contributed by atoms with E-state index < -0.39 is 0 Å². The molecular formula is C30H38N6. The summed E-state index contributed by atoms with van der Waals surface area (Å²) in [4.78, 5) is 15.4. The molecule has 2 saturated heterocycles. The van der Waals surface area contributed by atoms with Crippen LogP contribution in [0, 0.1) is 0 Å². The van der Waals surface area contributed by atoms with E-state index in [2.05, 4.69) is 98.9 Å². The van der Waals surface area contributed by atoms with Crippen LogP contribution in [0.2, 0.25) is 0 Å². The van der Waals surface area contributed by atoms with Gasteiger partial charge in [-0.1, -0.05) is 48.5 Å². The monoisotopic (exact) mass is 482 g/mol. The summed E-state index contributed by atoms with van der Waals surface area (Å²) >= 11 is 0. The molecule has 0 saturated carbocycles. The first-order valence-corrected chi connectivity index (χ1v) is 13.4. The number of aromatic nitrogens is 2. The highest BCUT2D eigenvalue weighted by Crippen LogP contribution is 2.33. The van der Waals surface area contributed by atoms with Gasteiger partial charge in [-0.25, -0.2) is 0 Å². The summed E-state index contributed by atoms with van der Waals surface area (Å²) in [7, 11) is 4.44. The van der Waals surface area contributed by atoms with Gasteiger partial charge in [0.2, 0.25) is 0 Å². The van der Waals surface area contributed by atoms with Crippen molar-refractivity contribution in [3.8, 4) is 0 Å². The molecule has 36 heavy (non-hydrogen) atoms. The molecule has 2 aromatic carbocycles. The molecule has 6 nitrogen and oxygen atoms in total. The average Bonchev–Trinajstić information content (AvgIpc) is 3.21. The third kappa shape index (κ3) is 4.91. The molecule has 6 heteroatoms. The molecule has 188 valence electrons. The van der Waals surface area contributed by atoms with Gasteiger partial charge in [-0.3, -0.25) is 14.8 Å². The zero-order valence-corrected chi connectivity index (χ0v) is 21.7. The Balaban J connectivity index is 1.45. The van der Waals surface area contributed by atoms with E-state index in [0.717, 1.165) is 72.0 Å². The number of fused-ring (bicyclic) bond motifs is 3. The number of likely N-dealkylation sites (N-methyl/N-ethyl adjacent to an activating group) is 2. The maximum absolute atomic E-state index is 5.39. The lowest BCUT2D eigenvalue weighted by atomic mass is 10.1. The molecular weight excluding hydrogens is 444 g/mol. The zero-order valence-electron chi connectivity index (χ0n) is 21.7. The minimum Gasteiger partial charge on any atom is -0.334 e. The van der Waals surface area contributed by atoms with Crippen molar-refractivity contribution in [1.82, 2.24) is 29.2 Å². The van der Waals surface area contributed by atoms with E-state index in [1.807, 2.05) is 0 Å². The minimum absolute atomic E-state index is 0.861. The van der Waals surface area contributed by atoms with Gasteiger partial charge in [0.25, 0.3) is 0 Å². The summed E-state index contributed by atoms with van der Waals surface area (Å²) in [6.07, 6.45) is 0. The van der Waals surface area contributed by atoms with Crippen molar-refractivity contribution in [2.24, 2.45) is 0 Å². The number of benzene rings is 2. The minimum atomic E-state index is 0.861. The first-order chi connectivity index (χ1) is 17.6. The Labute approximate surface area is 214 Å². The predicted octanol–water partition coefficient (Wildman–Crippen LogP) is 3.73. The van der Waals surface area contributed by atoms with Gasteiger partial charge in [0, 0.05) is 88.3 Å². The van der Waals surface area contributed by atoms with E-state index in [0.29, 0.717) is 0 Å². The van der Waals surface area contributed by atoms with Crippen molar-refractivity contribution < 1.29 is 0 Å². The average molecular weight is 483 g/mol. The number of nitrogens with zero attached hydrogens (tertiary/aromatic N) is 6. The second-order valence-electron chi connectivity index (χ2n) is 10.7. The molecule has 0 amide bonds. The molecule has 2 aromatic heterocycles. The maximum atomic E-state index is 5.39. The van der Waals surface area contributed by atoms with E-state index in [9.17, 15) is 0 Å². The van der Waals surface area contributed by atoms with Crippen molar-refractivity contribution in [3.63, 3.8) is 0 Å². The summed E-state index contributed by atoms with van der Waals surface area (Å²) in [6.45, 7) is 11.6. The lowest BCUT2D eigenvalue weighted by Crippen LogP contribution is -2.44. The summed E-state index contributed by atoms with van der Waals surface area (Å²) in [5.41, 5.74) is 6.37. The molecule has 2 aliphatic rings. The number of piperazine rings is 2. The van der Waals surface area contributed by atoms with Crippen LogP contribution in [0.15, 0.2) is 60.7 Å². The standard InChI is InChI=1S/C30H38N6/c1-32-12-16-34(17-13-32)22-25-20-27-26-10-6-7-11-29(26)36(21-24-8-4-3-5-9-24)30(27)28(31-25)23-35-18-14-33(2)15-19-35/h3-11,20H,12-19,21-23H2,1-2H3. The van der Waals surface area contributed by atoms with Crippen LogP contribution in [0.1, 0.15) is 17.0 Å². The molecule has 0 N–H and O–H groups in total. The van der Waals surface area contributed by atoms with E-state index in [1.165, 1.54) is 38.8 Å². The molecule has 0 aliphatic carbocycles. The van der Waals surface area contributed by atoms with E-state index in [-0.39, 0.29) is 0 Å². The van der Waals surface area contributed by atoms with Gasteiger partial charge in [-0.05, 0) is 31.8 Å². The van der Waals surface area contributed by atoms with Gasteiger partial charge in [-0.2, -0.15) is 0 Å². The first kappa shape index (κ1) is 23.6. The fraction of sp³-hybridized carbons (Fsp3) is 0.433. The predicted molar refractivity (Wildman–Crippen MR) is 148 cm³/mol. The Hall–Kier alpha value is -2.77. The Morgan fingerprint density at radius 3 is 1.94 bits per heavy atom. The zero-order chi connectivity index (χ0) is 24.5. The fourth-order valence-electron chi connectivity index (χ4n) is 5.79. The van der Waals surface area contributed by atoms with Crippen LogP contribution in [0.3, 0.4) is 0 Å². The van der Waals surface area contributed by atoms with Crippen LogP contribution >= 0.6 is 0 Å². The van der Waals surface area contributed by atoms with Crippen molar-refractivity contribution in [3.05, 3.63) is 77.6 Å². The third-order valence-electron chi connectivity index (χ3n) is 8.01. The van der Waals surface area contributed by atoms with Crippen LogP contribution in [0.5, 0.6) is 0 Å². The van der Waals surface area contributed by atoms with Crippen molar-refractivity contribution in [1.29, 1.82) is 0 Å². The smallest absolute Gasteiger partial charge is 0.0790 e. The lowest BCUT2D eigenvalue weighted by Gasteiger charge is -2.33. The van der Waals surface area contributed by atoms with E-state index in [1.54, 1.807) is 0 Å². The number of hydrogen-bond acceptors (Lipinski definition) is 5. The summed E-state index contributed by atoms with van der Waals surface area (Å²) in [6, 6.07) is 22.1. The number of pyridine rings is 1. The van der Waals surface area contributed by atoms with E-state index in [4.69, 9.17) is 4.98 Å². The Bertz CT molecular complexity index is 1310. The van der Waals surface area contributed by atoms with Crippen molar-refractivity contribution >= 4 is 21.8 Å². The summed E-state index contributed by atoms with van der Waals surface area (Å²) in [5.74, 6) is 0. The number of hydrogen-bond donors (Lipinski definition) is 0. The number of para-hydroxylation sites is 1. The lowest BCUT2D eigenvalue weighted by molar-refractivity contribution is 0.144. The van der Waals surface area contributed by atoms with Crippen molar-refractivity contribution in [2.75, 3.05) is 66.5 Å². The van der Waals surface area contributed by atoms with Crippen LogP contribution < -0.4 is 0 Å². The molecule has 4 aromatic rings. The van der Waals surface area contributed by atoms with Crippen molar-refractivity contribution in [2.45, 2.75) is 19.6 Å². The first-order valence-electron chi connectivity index (χ1n) is 13.4. The molecule has 4 heterocycles.